The number of nitrogens with zero attached hydrogens (tertiary/aromatic N) is 4. The highest BCUT2D eigenvalue weighted by atomic mass is 16.5. The molecule has 1 atom stereocenters. The van der Waals surface area contributed by atoms with Crippen molar-refractivity contribution >= 4 is 11.1 Å². The normalized spacial score (nSPS) is 18.2. The molecule has 1 aliphatic rings. The molecular formula is C19H24N4O2. The van der Waals surface area contributed by atoms with Gasteiger partial charge in [0.1, 0.15) is 5.52 Å². The first-order valence-electron chi connectivity index (χ1n) is 9.05. The minimum absolute atomic E-state index is 0.143. The molecule has 1 fully saturated rings. The predicted octanol–water partition coefficient (Wildman–Crippen LogP) is 4.27. The summed E-state index contributed by atoms with van der Waals surface area (Å²) in [5, 5.41) is 4.08. The lowest BCUT2D eigenvalue weighted by Gasteiger charge is -2.33. The SMILES string of the molecule is CC(C)c1noc(C(C)N2CCC(c3nc4ccccc4o3)CC2)n1. The standard InChI is InChI=1S/C19H24N4O2/c1-12(2)17-21-18(25-22-17)13(3)23-10-8-14(9-11-23)19-20-15-6-4-5-7-16(15)24-19/h4-7,12-14H,8-11H2,1-3H3. The summed E-state index contributed by atoms with van der Waals surface area (Å²) in [7, 11) is 0. The summed E-state index contributed by atoms with van der Waals surface area (Å²) in [6, 6.07) is 8.10. The molecule has 2 aromatic heterocycles. The summed E-state index contributed by atoms with van der Waals surface area (Å²) in [6.07, 6.45) is 2.06. The number of rotatable bonds is 4. The summed E-state index contributed by atoms with van der Waals surface area (Å²) >= 11 is 0. The predicted molar refractivity (Wildman–Crippen MR) is 94.4 cm³/mol. The zero-order valence-electron chi connectivity index (χ0n) is 15.0. The van der Waals surface area contributed by atoms with Gasteiger partial charge in [-0.05, 0) is 45.0 Å². The molecule has 4 rings (SSSR count). The molecule has 1 unspecified atom stereocenters. The quantitative estimate of drug-likeness (QED) is 0.706. The summed E-state index contributed by atoms with van der Waals surface area (Å²) in [5.41, 5.74) is 1.82. The second kappa shape index (κ2) is 6.59. The third kappa shape index (κ3) is 3.18. The Kier molecular flexibility index (Phi) is 4.29. The number of benzene rings is 1. The molecule has 0 spiro atoms. The van der Waals surface area contributed by atoms with Gasteiger partial charge in [-0.15, -0.1) is 0 Å². The molecule has 0 bridgehead atoms. The lowest BCUT2D eigenvalue weighted by Crippen LogP contribution is -2.35. The number of fused-ring (bicyclic) bond motifs is 1. The van der Waals surface area contributed by atoms with Crippen LogP contribution in [0.4, 0.5) is 0 Å². The molecule has 0 amide bonds. The topological polar surface area (TPSA) is 68.2 Å². The Hall–Kier alpha value is -2.21. The van der Waals surface area contributed by atoms with Crippen LogP contribution in [0, 0.1) is 0 Å². The van der Waals surface area contributed by atoms with Gasteiger partial charge in [0.2, 0.25) is 5.89 Å². The van der Waals surface area contributed by atoms with Crippen molar-refractivity contribution in [2.45, 2.75) is 51.5 Å². The lowest BCUT2D eigenvalue weighted by atomic mass is 9.96. The largest absolute Gasteiger partial charge is 0.440 e. The van der Waals surface area contributed by atoms with Gasteiger partial charge in [-0.25, -0.2) is 4.98 Å². The Morgan fingerprint density at radius 1 is 1.08 bits per heavy atom. The zero-order valence-corrected chi connectivity index (χ0v) is 15.0. The molecule has 3 heterocycles. The van der Waals surface area contributed by atoms with Crippen molar-refractivity contribution < 1.29 is 8.94 Å². The summed E-state index contributed by atoms with van der Waals surface area (Å²) in [5.74, 6) is 3.03. The van der Waals surface area contributed by atoms with Crippen molar-refractivity contribution in [3.05, 3.63) is 41.9 Å². The van der Waals surface area contributed by atoms with E-state index in [2.05, 4.69) is 40.8 Å². The fraction of sp³-hybridized carbons (Fsp3) is 0.526. The molecule has 6 nitrogen and oxygen atoms in total. The fourth-order valence-corrected chi connectivity index (χ4v) is 3.41. The highest BCUT2D eigenvalue weighted by Gasteiger charge is 2.29. The number of hydrogen-bond acceptors (Lipinski definition) is 6. The van der Waals surface area contributed by atoms with E-state index in [9.17, 15) is 0 Å². The molecule has 0 saturated carbocycles. The Labute approximate surface area is 147 Å². The highest BCUT2D eigenvalue weighted by molar-refractivity contribution is 5.72. The van der Waals surface area contributed by atoms with Crippen molar-refractivity contribution in [1.29, 1.82) is 0 Å². The van der Waals surface area contributed by atoms with Gasteiger partial charge >= 0.3 is 0 Å². The third-order valence-electron chi connectivity index (χ3n) is 5.07. The van der Waals surface area contributed by atoms with E-state index < -0.39 is 0 Å². The first-order chi connectivity index (χ1) is 12.1. The lowest BCUT2D eigenvalue weighted by molar-refractivity contribution is 0.131. The molecule has 1 saturated heterocycles. The second-order valence-electron chi connectivity index (χ2n) is 7.15. The number of piperidine rings is 1. The summed E-state index contributed by atoms with van der Waals surface area (Å²) in [4.78, 5) is 11.6. The van der Waals surface area contributed by atoms with E-state index in [1.165, 1.54) is 0 Å². The van der Waals surface area contributed by atoms with Gasteiger partial charge in [0, 0.05) is 11.8 Å². The molecular weight excluding hydrogens is 316 g/mol. The van der Waals surface area contributed by atoms with Gasteiger partial charge in [0.25, 0.3) is 0 Å². The number of para-hydroxylation sites is 2. The number of hydrogen-bond donors (Lipinski definition) is 0. The van der Waals surface area contributed by atoms with Crippen molar-refractivity contribution in [3.8, 4) is 0 Å². The smallest absolute Gasteiger partial charge is 0.243 e. The molecule has 1 aliphatic heterocycles. The van der Waals surface area contributed by atoms with Gasteiger partial charge in [0.05, 0.1) is 6.04 Å². The first-order valence-corrected chi connectivity index (χ1v) is 9.05. The Balaban J connectivity index is 1.41. The molecule has 0 aliphatic carbocycles. The number of aromatic nitrogens is 3. The van der Waals surface area contributed by atoms with Gasteiger partial charge in [0.15, 0.2) is 17.3 Å². The average Bonchev–Trinajstić information content (AvgIpc) is 3.28. The zero-order chi connectivity index (χ0) is 17.4. The van der Waals surface area contributed by atoms with E-state index in [0.29, 0.717) is 11.8 Å². The minimum atomic E-state index is 0.143. The summed E-state index contributed by atoms with van der Waals surface area (Å²) < 4.78 is 11.4. The highest BCUT2D eigenvalue weighted by Crippen LogP contribution is 2.33. The van der Waals surface area contributed by atoms with Gasteiger partial charge in [-0.2, -0.15) is 4.98 Å². The molecule has 132 valence electrons. The van der Waals surface area contributed by atoms with Gasteiger partial charge in [-0.1, -0.05) is 31.1 Å². The summed E-state index contributed by atoms with van der Waals surface area (Å²) in [6.45, 7) is 8.24. The van der Waals surface area contributed by atoms with Crippen molar-refractivity contribution in [2.75, 3.05) is 13.1 Å². The van der Waals surface area contributed by atoms with E-state index in [1.54, 1.807) is 0 Å². The first kappa shape index (κ1) is 16.3. The van der Waals surface area contributed by atoms with Crippen molar-refractivity contribution in [3.63, 3.8) is 0 Å². The van der Waals surface area contributed by atoms with Crippen LogP contribution in [0.15, 0.2) is 33.2 Å². The van der Waals surface area contributed by atoms with Gasteiger partial charge < -0.3 is 8.94 Å². The number of oxazole rings is 1. The van der Waals surface area contributed by atoms with Crippen LogP contribution in [-0.4, -0.2) is 33.1 Å². The minimum Gasteiger partial charge on any atom is -0.440 e. The van der Waals surface area contributed by atoms with E-state index in [4.69, 9.17) is 8.94 Å². The Morgan fingerprint density at radius 2 is 1.84 bits per heavy atom. The van der Waals surface area contributed by atoms with E-state index in [-0.39, 0.29) is 12.0 Å². The van der Waals surface area contributed by atoms with Crippen molar-refractivity contribution in [1.82, 2.24) is 20.0 Å². The van der Waals surface area contributed by atoms with Crippen LogP contribution >= 0.6 is 0 Å². The van der Waals surface area contributed by atoms with Crippen molar-refractivity contribution in [2.24, 2.45) is 0 Å². The number of likely N-dealkylation sites (tertiary alicyclic amines) is 1. The van der Waals surface area contributed by atoms with Crippen LogP contribution in [0.25, 0.3) is 11.1 Å². The van der Waals surface area contributed by atoms with Crippen LogP contribution in [-0.2, 0) is 0 Å². The van der Waals surface area contributed by atoms with E-state index in [0.717, 1.165) is 48.7 Å². The molecule has 3 aromatic rings. The Bertz CT molecular complexity index is 813. The van der Waals surface area contributed by atoms with Crippen LogP contribution in [0.1, 0.15) is 69.1 Å². The van der Waals surface area contributed by atoms with Crippen LogP contribution in [0.3, 0.4) is 0 Å². The molecule has 6 heteroatoms. The van der Waals surface area contributed by atoms with Crippen LogP contribution in [0.5, 0.6) is 0 Å². The Morgan fingerprint density at radius 3 is 2.52 bits per heavy atom. The molecule has 1 aromatic carbocycles. The third-order valence-corrected chi connectivity index (χ3v) is 5.07. The average molecular weight is 340 g/mol. The van der Waals surface area contributed by atoms with Gasteiger partial charge in [-0.3, -0.25) is 4.90 Å². The fourth-order valence-electron chi connectivity index (χ4n) is 3.41. The van der Waals surface area contributed by atoms with Crippen LogP contribution in [0.2, 0.25) is 0 Å². The molecule has 25 heavy (non-hydrogen) atoms. The maximum Gasteiger partial charge on any atom is 0.243 e. The monoisotopic (exact) mass is 340 g/mol. The maximum absolute atomic E-state index is 5.95. The van der Waals surface area contributed by atoms with E-state index >= 15 is 0 Å². The van der Waals surface area contributed by atoms with Crippen LogP contribution < -0.4 is 0 Å². The molecule has 0 N–H and O–H groups in total. The van der Waals surface area contributed by atoms with E-state index in [1.807, 2.05) is 24.3 Å². The molecule has 0 radical (unpaired) electrons. The maximum atomic E-state index is 5.95. The second-order valence-corrected chi connectivity index (χ2v) is 7.15.